The van der Waals surface area contributed by atoms with Gasteiger partial charge in [-0.2, -0.15) is 0 Å². The quantitative estimate of drug-likeness (QED) is 0.709. The molecule has 0 heterocycles. The highest BCUT2D eigenvalue weighted by molar-refractivity contribution is 6.79. The summed E-state index contributed by atoms with van der Waals surface area (Å²) in [7, 11) is -3.78. The third-order valence-electron chi connectivity index (χ3n) is 2.43. The van der Waals surface area contributed by atoms with Gasteiger partial charge in [0.05, 0.1) is 5.22 Å². The molecule has 0 saturated heterocycles. The fourth-order valence-electron chi connectivity index (χ4n) is 0.878. The standard InChI is InChI=1S/C9H20O2Si2/c1-7-12(5)11-9(3,4)13(6,10)8-2/h7-8,10,12H,1-2H2,3-6H3. The average molecular weight is 216 g/mol. The van der Waals surface area contributed by atoms with Crippen LogP contribution in [-0.2, 0) is 4.43 Å². The molecule has 0 aromatic rings. The summed E-state index contributed by atoms with van der Waals surface area (Å²) in [6, 6.07) is 0. The molecule has 0 radical (unpaired) electrons. The maximum absolute atomic E-state index is 10.1. The van der Waals surface area contributed by atoms with Crippen LogP contribution in [0, 0.1) is 0 Å². The van der Waals surface area contributed by atoms with Crippen molar-refractivity contribution in [2.24, 2.45) is 0 Å². The Morgan fingerprint density at radius 3 is 2.23 bits per heavy atom. The Balaban J connectivity index is 4.55. The second-order valence-electron chi connectivity index (χ2n) is 3.92. The summed E-state index contributed by atoms with van der Waals surface area (Å²) >= 11 is 0. The van der Waals surface area contributed by atoms with E-state index < -0.39 is 22.6 Å². The molecule has 0 bridgehead atoms. The highest BCUT2D eigenvalue weighted by Crippen LogP contribution is 2.23. The Morgan fingerprint density at radius 2 is 1.92 bits per heavy atom. The molecule has 0 aromatic carbocycles. The monoisotopic (exact) mass is 216 g/mol. The van der Waals surface area contributed by atoms with E-state index in [0.717, 1.165) is 0 Å². The maximum atomic E-state index is 10.1. The van der Waals surface area contributed by atoms with Gasteiger partial charge in [-0.15, -0.1) is 13.2 Å². The van der Waals surface area contributed by atoms with Crippen LogP contribution in [0.2, 0.25) is 13.1 Å². The zero-order valence-electron chi connectivity index (χ0n) is 9.00. The molecule has 76 valence electrons. The Bertz CT molecular complexity index is 200. The number of hydrogen-bond acceptors (Lipinski definition) is 2. The van der Waals surface area contributed by atoms with E-state index in [1.807, 2.05) is 32.6 Å². The molecule has 0 amide bonds. The van der Waals surface area contributed by atoms with Crippen molar-refractivity contribution in [1.29, 1.82) is 0 Å². The highest BCUT2D eigenvalue weighted by Gasteiger charge is 2.41. The second kappa shape index (κ2) is 4.37. The van der Waals surface area contributed by atoms with Crippen LogP contribution in [0.25, 0.3) is 0 Å². The molecule has 0 aliphatic heterocycles. The molecule has 2 nitrogen and oxygen atoms in total. The smallest absolute Gasteiger partial charge is 0.239 e. The minimum atomic E-state index is -2.46. The summed E-state index contributed by atoms with van der Waals surface area (Å²) in [4.78, 5) is 10.1. The largest absolute Gasteiger partial charge is 0.426 e. The average Bonchev–Trinajstić information content (AvgIpc) is 2.03. The minimum absolute atomic E-state index is 0.464. The van der Waals surface area contributed by atoms with Crippen molar-refractivity contribution in [2.75, 3.05) is 0 Å². The van der Waals surface area contributed by atoms with Gasteiger partial charge >= 0.3 is 0 Å². The van der Waals surface area contributed by atoms with Crippen LogP contribution in [0.4, 0.5) is 0 Å². The van der Waals surface area contributed by atoms with Gasteiger partial charge in [0.2, 0.25) is 8.32 Å². The molecule has 0 aromatic heterocycles. The van der Waals surface area contributed by atoms with Crippen LogP contribution >= 0.6 is 0 Å². The normalized spacial score (nSPS) is 18.8. The van der Waals surface area contributed by atoms with Crippen molar-refractivity contribution in [3.05, 3.63) is 24.6 Å². The first-order valence-corrected chi connectivity index (χ1v) is 9.25. The topological polar surface area (TPSA) is 29.5 Å². The van der Waals surface area contributed by atoms with Crippen molar-refractivity contribution in [1.82, 2.24) is 0 Å². The molecule has 0 spiro atoms. The first-order valence-electron chi connectivity index (χ1n) is 4.43. The predicted octanol–water partition coefficient (Wildman–Crippen LogP) is 1.69. The van der Waals surface area contributed by atoms with Crippen molar-refractivity contribution in [2.45, 2.75) is 32.2 Å². The number of hydrogen-bond donors (Lipinski definition) is 1. The van der Waals surface area contributed by atoms with E-state index >= 15 is 0 Å². The molecule has 13 heavy (non-hydrogen) atoms. The van der Waals surface area contributed by atoms with Crippen LogP contribution in [0.15, 0.2) is 24.6 Å². The Kier molecular flexibility index (Phi) is 4.31. The lowest BCUT2D eigenvalue weighted by atomic mass is 10.5. The second-order valence-corrected chi connectivity index (χ2v) is 9.95. The molecule has 2 unspecified atom stereocenters. The van der Waals surface area contributed by atoms with Gasteiger partial charge in [0.15, 0.2) is 9.04 Å². The lowest BCUT2D eigenvalue weighted by molar-refractivity contribution is 0.170. The Hall–Kier alpha value is -0.166. The van der Waals surface area contributed by atoms with E-state index in [0.29, 0.717) is 0 Å². The Labute approximate surface area is 83.8 Å². The maximum Gasteiger partial charge on any atom is 0.239 e. The van der Waals surface area contributed by atoms with Gasteiger partial charge in [-0.25, -0.2) is 0 Å². The fraction of sp³-hybridized carbons (Fsp3) is 0.556. The SMILES string of the molecule is C=C[SiH](C)OC(C)(C)[Si](C)(O)C=C. The Morgan fingerprint density at radius 1 is 1.46 bits per heavy atom. The van der Waals surface area contributed by atoms with E-state index in [1.165, 1.54) is 0 Å². The van der Waals surface area contributed by atoms with Crippen LogP contribution < -0.4 is 0 Å². The molecule has 0 aliphatic carbocycles. The molecular formula is C9H20O2Si2. The van der Waals surface area contributed by atoms with Crippen molar-refractivity contribution < 1.29 is 9.22 Å². The summed E-state index contributed by atoms with van der Waals surface area (Å²) in [6.07, 6.45) is 0. The molecule has 0 saturated carbocycles. The molecule has 0 aliphatic rings. The third-order valence-corrected chi connectivity index (χ3v) is 7.64. The van der Waals surface area contributed by atoms with E-state index in [9.17, 15) is 4.80 Å². The van der Waals surface area contributed by atoms with Gasteiger partial charge < -0.3 is 9.22 Å². The summed E-state index contributed by atoms with van der Waals surface area (Å²) in [5.74, 6) is 0. The summed E-state index contributed by atoms with van der Waals surface area (Å²) < 4.78 is 5.80. The summed E-state index contributed by atoms with van der Waals surface area (Å²) in [6.45, 7) is 15.1. The lowest BCUT2D eigenvalue weighted by Crippen LogP contribution is -2.55. The van der Waals surface area contributed by atoms with Gasteiger partial charge in [-0.3, -0.25) is 0 Å². The van der Waals surface area contributed by atoms with Gasteiger partial charge in [-0.05, 0) is 26.9 Å². The van der Waals surface area contributed by atoms with Crippen LogP contribution in [-0.4, -0.2) is 27.4 Å². The van der Waals surface area contributed by atoms with Crippen LogP contribution in [0.5, 0.6) is 0 Å². The van der Waals surface area contributed by atoms with Crippen molar-refractivity contribution in [3.8, 4) is 0 Å². The highest BCUT2D eigenvalue weighted by atomic mass is 28.4. The van der Waals surface area contributed by atoms with E-state index in [1.54, 1.807) is 5.70 Å². The van der Waals surface area contributed by atoms with Gasteiger partial charge in [0.25, 0.3) is 0 Å². The molecule has 2 atom stereocenters. The molecule has 4 heteroatoms. The first kappa shape index (κ1) is 12.8. The summed E-state index contributed by atoms with van der Waals surface area (Å²) in [5, 5.41) is -0.464. The number of rotatable bonds is 5. The first-order chi connectivity index (χ1) is 5.77. The van der Waals surface area contributed by atoms with Crippen molar-refractivity contribution in [3.63, 3.8) is 0 Å². The molecule has 1 N–H and O–H groups in total. The predicted molar refractivity (Wildman–Crippen MR) is 62.4 cm³/mol. The minimum Gasteiger partial charge on any atom is -0.426 e. The molecular weight excluding hydrogens is 196 g/mol. The third kappa shape index (κ3) is 3.23. The fourth-order valence-corrected chi connectivity index (χ4v) is 3.91. The lowest BCUT2D eigenvalue weighted by Gasteiger charge is -2.37. The molecule has 0 fully saturated rings. The van der Waals surface area contributed by atoms with Gasteiger partial charge in [-0.1, -0.05) is 11.4 Å². The summed E-state index contributed by atoms with van der Waals surface area (Å²) in [5.41, 5.74) is 3.51. The van der Waals surface area contributed by atoms with Crippen LogP contribution in [0.1, 0.15) is 13.8 Å². The van der Waals surface area contributed by atoms with E-state index in [4.69, 9.17) is 4.43 Å². The van der Waals surface area contributed by atoms with Crippen LogP contribution in [0.3, 0.4) is 0 Å². The zero-order chi connectivity index (χ0) is 10.7. The molecule has 0 rings (SSSR count). The van der Waals surface area contributed by atoms with E-state index in [2.05, 4.69) is 13.2 Å². The van der Waals surface area contributed by atoms with E-state index in [-0.39, 0.29) is 0 Å². The van der Waals surface area contributed by atoms with Gasteiger partial charge in [0.1, 0.15) is 0 Å². The van der Waals surface area contributed by atoms with Crippen molar-refractivity contribution >= 4 is 17.4 Å². The van der Waals surface area contributed by atoms with Gasteiger partial charge in [0, 0.05) is 0 Å². The zero-order valence-corrected chi connectivity index (χ0v) is 11.2.